The van der Waals surface area contributed by atoms with Gasteiger partial charge in [-0.25, -0.2) is 0 Å². The van der Waals surface area contributed by atoms with Crippen molar-refractivity contribution in [1.82, 2.24) is 5.32 Å². The van der Waals surface area contributed by atoms with Crippen LogP contribution in [-0.4, -0.2) is 19.6 Å². The topological polar surface area (TPSA) is 64.3 Å². The second-order valence-electron chi connectivity index (χ2n) is 3.31. The molecule has 1 aromatic carbocycles. The maximum atomic E-state index is 11.0. The van der Waals surface area contributed by atoms with Crippen molar-refractivity contribution in [3.05, 3.63) is 48.7 Å². The Hall–Kier alpha value is -1.81. The normalized spacial score (nSPS) is 10.5. The number of hydrogen-bond donors (Lipinski definition) is 2. The number of ether oxygens (including phenoxy) is 1. The lowest BCUT2D eigenvalue weighted by Gasteiger charge is -2.12. The number of hydrogen-bond acceptors (Lipinski definition) is 3. The summed E-state index contributed by atoms with van der Waals surface area (Å²) in [4.78, 5) is 11.0. The fraction of sp³-hybridized carbons (Fsp3) is 0.308. The highest BCUT2D eigenvalue weighted by Crippen LogP contribution is 2.10. The van der Waals surface area contributed by atoms with Gasteiger partial charge < -0.3 is 15.8 Å². The lowest BCUT2D eigenvalue weighted by Crippen LogP contribution is -2.32. The van der Waals surface area contributed by atoms with Crippen molar-refractivity contribution in [3.63, 3.8) is 0 Å². The number of methoxy groups -OCH3 is 1. The lowest BCUT2D eigenvalue weighted by molar-refractivity contribution is -0.120. The van der Waals surface area contributed by atoms with Crippen molar-refractivity contribution in [2.24, 2.45) is 5.73 Å². The molecule has 0 radical (unpaired) electrons. The van der Waals surface area contributed by atoms with Gasteiger partial charge in [0.25, 0.3) is 0 Å². The maximum absolute atomic E-state index is 11.0. The summed E-state index contributed by atoms with van der Waals surface area (Å²) < 4.78 is 4.31. The van der Waals surface area contributed by atoms with E-state index in [-0.39, 0.29) is 18.5 Å². The third-order valence-corrected chi connectivity index (χ3v) is 2.03. The van der Waals surface area contributed by atoms with Crippen LogP contribution in [0.4, 0.5) is 0 Å². The third kappa shape index (κ3) is 7.14. The Morgan fingerprint density at radius 1 is 1.53 bits per heavy atom. The summed E-state index contributed by atoms with van der Waals surface area (Å²) in [6, 6.07) is 9.81. The van der Waals surface area contributed by atoms with Crippen LogP contribution in [0.1, 0.15) is 18.5 Å². The summed E-state index contributed by atoms with van der Waals surface area (Å²) in [7, 11) is 1.56. The van der Waals surface area contributed by atoms with Gasteiger partial charge in [0.1, 0.15) is 0 Å². The van der Waals surface area contributed by atoms with Gasteiger partial charge in [0.15, 0.2) is 0 Å². The largest absolute Gasteiger partial charge is 0.505 e. The van der Waals surface area contributed by atoms with Gasteiger partial charge >= 0.3 is 0 Å². The van der Waals surface area contributed by atoms with E-state index in [1.54, 1.807) is 7.11 Å². The van der Waals surface area contributed by atoms with Gasteiger partial charge in [0.2, 0.25) is 5.91 Å². The molecule has 4 heteroatoms. The standard InChI is InChI=1S/C10H14N2O.C3H6O/c1-8(12-10(13)7-11)9-5-3-2-4-6-9;1-3-4-2/h2-6,8H,7,11H2,1H3,(H,12,13);3H,1H2,2H3/t8-;/m1./s1. The number of carbonyl (C=O) groups excluding carboxylic acids is 1. The second kappa shape index (κ2) is 9.42. The first kappa shape index (κ1) is 15.2. The Morgan fingerprint density at radius 2 is 2.06 bits per heavy atom. The van der Waals surface area contributed by atoms with Crippen LogP contribution < -0.4 is 11.1 Å². The SMILES string of the molecule is C=COC.C[C@@H](NC(=O)CN)c1ccccc1. The van der Waals surface area contributed by atoms with E-state index in [0.717, 1.165) is 5.56 Å². The van der Waals surface area contributed by atoms with Gasteiger partial charge in [0, 0.05) is 0 Å². The molecule has 3 N–H and O–H groups in total. The van der Waals surface area contributed by atoms with E-state index in [1.807, 2.05) is 37.3 Å². The van der Waals surface area contributed by atoms with E-state index >= 15 is 0 Å². The molecule has 0 saturated carbocycles. The summed E-state index contributed by atoms with van der Waals surface area (Å²) in [5.41, 5.74) is 6.27. The molecule has 17 heavy (non-hydrogen) atoms. The van der Waals surface area contributed by atoms with Crippen molar-refractivity contribution in [1.29, 1.82) is 0 Å². The van der Waals surface area contributed by atoms with Crippen molar-refractivity contribution in [2.45, 2.75) is 13.0 Å². The molecule has 94 valence electrons. The van der Waals surface area contributed by atoms with Gasteiger partial charge in [0.05, 0.1) is 26.0 Å². The number of nitrogens with one attached hydrogen (secondary N) is 1. The highest BCUT2D eigenvalue weighted by molar-refractivity contribution is 5.78. The van der Waals surface area contributed by atoms with E-state index in [0.29, 0.717) is 0 Å². The number of amides is 1. The molecule has 0 unspecified atom stereocenters. The number of nitrogens with two attached hydrogens (primary N) is 1. The summed E-state index contributed by atoms with van der Waals surface area (Å²) in [5.74, 6) is -0.128. The minimum Gasteiger partial charge on any atom is -0.505 e. The molecule has 1 amide bonds. The predicted octanol–water partition coefficient (Wildman–Crippen LogP) is 1.60. The Bertz CT molecular complexity index is 325. The molecular formula is C13H20N2O2. The minimum absolute atomic E-state index is 0.0252. The molecule has 0 aliphatic carbocycles. The number of benzene rings is 1. The highest BCUT2D eigenvalue weighted by atomic mass is 16.5. The Balaban J connectivity index is 0.000000557. The van der Waals surface area contributed by atoms with Crippen LogP contribution in [0.15, 0.2) is 43.2 Å². The van der Waals surface area contributed by atoms with Gasteiger partial charge in [-0.3, -0.25) is 4.79 Å². The molecule has 0 saturated heterocycles. The average molecular weight is 236 g/mol. The van der Waals surface area contributed by atoms with Crippen molar-refractivity contribution in [3.8, 4) is 0 Å². The van der Waals surface area contributed by atoms with E-state index < -0.39 is 0 Å². The first-order valence-corrected chi connectivity index (χ1v) is 5.33. The van der Waals surface area contributed by atoms with Gasteiger partial charge in [-0.05, 0) is 12.5 Å². The highest BCUT2D eigenvalue weighted by Gasteiger charge is 2.06. The lowest BCUT2D eigenvalue weighted by atomic mass is 10.1. The maximum Gasteiger partial charge on any atom is 0.234 e. The molecule has 1 aromatic rings. The molecule has 1 atom stereocenters. The Morgan fingerprint density at radius 3 is 2.47 bits per heavy atom. The minimum atomic E-state index is -0.128. The van der Waals surface area contributed by atoms with Crippen LogP contribution in [0.5, 0.6) is 0 Å². The molecule has 4 nitrogen and oxygen atoms in total. The molecule has 1 rings (SSSR count). The number of carbonyl (C=O) groups is 1. The summed E-state index contributed by atoms with van der Waals surface area (Å²) >= 11 is 0. The van der Waals surface area contributed by atoms with E-state index in [1.165, 1.54) is 6.26 Å². The van der Waals surface area contributed by atoms with Gasteiger partial charge in [-0.1, -0.05) is 36.9 Å². The summed E-state index contributed by atoms with van der Waals surface area (Å²) in [6.07, 6.45) is 1.38. The van der Waals surface area contributed by atoms with Crippen molar-refractivity contribution < 1.29 is 9.53 Å². The molecule has 0 aliphatic rings. The quantitative estimate of drug-likeness (QED) is 0.780. The molecule has 0 bridgehead atoms. The van der Waals surface area contributed by atoms with Gasteiger partial charge in [-0.2, -0.15) is 0 Å². The van der Waals surface area contributed by atoms with Crippen LogP contribution in [0.2, 0.25) is 0 Å². The van der Waals surface area contributed by atoms with Crippen LogP contribution in [-0.2, 0) is 9.53 Å². The molecule has 0 aliphatic heterocycles. The van der Waals surface area contributed by atoms with Crippen LogP contribution >= 0.6 is 0 Å². The van der Waals surface area contributed by atoms with Crippen LogP contribution in [0.3, 0.4) is 0 Å². The fourth-order valence-corrected chi connectivity index (χ4v) is 1.13. The smallest absolute Gasteiger partial charge is 0.234 e. The zero-order valence-electron chi connectivity index (χ0n) is 10.3. The average Bonchev–Trinajstić information content (AvgIpc) is 2.39. The van der Waals surface area contributed by atoms with Gasteiger partial charge in [-0.15, -0.1) is 0 Å². The van der Waals surface area contributed by atoms with Crippen LogP contribution in [0.25, 0.3) is 0 Å². The fourth-order valence-electron chi connectivity index (χ4n) is 1.13. The zero-order chi connectivity index (χ0) is 13.1. The van der Waals surface area contributed by atoms with Crippen molar-refractivity contribution >= 4 is 5.91 Å². The Kier molecular flexibility index (Phi) is 8.42. The molecule has 0 spiro atoms. The summed E-state index contributed by atoms with van der Waals surface area (Å²) in [5, 5.41) is 2.78. The molecule has 0 aromatic heterocycles. The first-order chi connectivity index (χ1) is 8.15. The van der Waals surface area contributed by atoms with E-state index in [9.17, 15) is 4.79 Å². The van der Waals surface area contributed by atoms with Crippen LogP contribution in [0, 0.1) is 0 Å². The third-order valence-electron chi connectivity index (χ3n) is 2.03. The number of rotatable bonds is 4. The van der Waals surface area contributed by atoms with E-state index in [2.05, 4.69) is 16.6 Å². The Labute approximate surface area is 102 Å². The van der Waals surface area contributed by atoms with E-state index in [4.69, 9.17) is 5.73 Å². The van der Waals surface area contributed by atoms with Crippen molar-refractivity contribution in [2.75, 3.05) is 13.7 Å². The second-order valence-corrected chi connectivity index (χ2v) is 3.31. The summed E-state index contributed by atoms with van der Waals surface area (Å²) in [6.45, 7) is 5.23. The zero-order valence-corrected chi connectivity index (χ0v) is 10.3. The molecule has 0 fully saturated rings. The molecule has 0 heterocycles. The molecular weight excluding hydrogens is 216 g/mol. The first-order valence-electron chi connectivity index (χ1n) is 5.33. The monoisotopic (exact) mass is 236 g/mol. The predicted molar refractivity (Wildman–Crippen MR) is 69.3 cm³/mol.